The average molecular weight is 167 g/mol. The van der Waals surface area contributed by atoms with Gasteiger partial charge in [0, 0.05) is 11.1 Å². The number of oxime groups is 1. The fourth-order valence-electron chi connectivity index (χ4n) is 0.576. The number of nitriles is 1. The third-order valence-corrected chi connectivity index (χ3v) is 1.99. The highest BCUT2D eigenvalue weighted by Crippen LogP contribution is 2.09. The highest BCUT2D eigenvalue weighted by molar-refractivity contribution is 7.12. The summed E-state index contributed by atoms with van der Waals surface area (Å²) in [7, 11) is 0. The van der Waals surface area contributed by atoms with E-state index in [1.54, 1.807) is 11.4 Å². The van der Waals surface area contributed by atoms with Crippen LogP contribution >= 0.6 is 11.3 Å². The van der Waals surface area contributed by atoms with E-state index in [0.717, 1.165) is 5.69 Å². The van der Waals surface area contributed by atoms with Crippen molar-refractivity contribution in [1.82, 2.24) is 4.98 Å². The van der Waals surface area contributed by atoms with Crippen LogP contribution in [-0.2, 0) is 0 Å². The van der Waals surface area contributed by atoms with Gasteiger partial charge in [0.2, 0.25) is 5.71 Å². The molecule has 0 spiro atoms. The molecule has 0 aromatic carbocycles. The van der Waals surface area contributed by atoms with Gasteiger partial charge in [-0.15, -0.1) is 11.3 Å². The first-order valence-corrected chi connectivity index (χ1v) is 3.70. The molecular formula is C6H5N3OS. The van der Waals surface area contributed by atoms with E-state index in [1.165, 1.54) is 11.3 Å². The number of nitrogens with zero attached hydrogens (tertiary/aromatic N) is 3. The standard InChI is InChI=1S/C6H5N3OS/c1-4-3-11-6(8-4)5(2-7)9-10/h3,10H,1H3/b9-5-. The van der Waals surface area contributed by atoms with Crippen LogP contribution < -0.4 is 0 Å². The summed E-state index contributed by atoms with van der Waals surface area (Å²) in [4.78, 5) is 3.96. The maximum absolute atomic E-state index is 8.41. The Morgan fingerprint density at radius 1 is 1.91 bits per heavy atom. The highest BCUT2D eigenvalue weighted by Gasteiger charge is 2.06. The van der Waals surface area contributed by atoms with Crippen molar-refractivity contribution in [2.24, 2.45) is 5.16 Å². The lowest BCUT2D eigenvalue weighted by atomic mass is 10.4. The molecule has 1 N–H and O–H groups in total. The molecule has 0 saturated heterocycles. The topological polar surface area (TPSA) is 69.3 Å². The lowest BCUT2D eigenvalue weighted by Gasteiger charge is -1.83. The zero-order chi connectivity index (χ0) is 8.27. The molecule has 0 aliphatic carbocycles. The summed E-state index contributed by atoms with van der Waals surface area (Å²) in [6.07, 6.45) is 0. The van der Waals surface area contributed by atoms with E-state index in [1.807, 2.05) is 6.92 Å². The van der Waals surface area contributed by atoms with Crippen LogP contribution in [0.5, 0.6) is 0 Å². The van der Waals surface area contributed by atoms with Crippen LogP contribution in [0, 0.1) is 18.3 Å². The summed E-state index contributed by atoms with van der Waals surface area (Å²) in [6, 6.07) is 1.73. The van der Waals surface area contributed by atoms with Gasteiger partial charge in [-0.3, -0.25) is 0 Å². The first kappa shape index (κ1) is 7.69. The molecule has 1 rings (SSSR count). The predicted molar refractivity (Wildman–Crippen MR) is 40.8 cm³/mol. The Morgan fingerprint density at radius 3 is 3.00 bits per heavy atom. The molecule has 0 aliphatic heterocycles. The van der Waals surface area contributed by atoms with Crippen LogP contribution in [-0.4, -0.2) is 15.9 Å². The fraction of sp³-hybridized carbons (Fsp3) is 0.167. The Balaban J connectivity index is 3.03. The van der Waals surface area contributed by atoms with E-state index < -0.39 is 0 Å². The zero-order valence-electron chi connectivity index (χ0n) is 5.77. The monoisotopic (exact) mass is 167 g/mol. The molecule has 56 valence electrons. The van der Waals surface area contributed by atoms with E-state index in [-0.39, 0.29) is 5.71 Å². The van der Waals surface area contributed by atoms with E-state index in [9.17, 15) is 0 Å². The normalized spacial score (nSPS) is 11.1. The number of hydrogen-bond donors (Lipinski definition) is 1. The van der Waals surface area contributed by atoms with Gasteiger partial charge in [-0.25, -0.2) is 4.98 Å². The Bertz CT molecular complexity index is 323. The number of aromatic nitrogens is 1. The molecule has 1 aromatic heterocycles. The Labute approximate surface area is 67.4 Å². The third-order valence-electron chi connectivity index (χ3n) is 1.03. The van der Waals surface area contributed by atoms with Gasteiger partial charge < -0.3 is 5.21 Å². The molecule has 1 heterocycles. The first-order chi connectivity index (χ1) is 5.27. The van der Waals surface area contributed by atoms with Crippen molar-refractivity contribution in [3.05, 3.63) is 16.1 Å². The van der Waals surface area contributed by atoms with Crippen molar-refractivity contribution >= 4 is 17.0 Å². The highest BCUT2D eigenvalue weighted by atomic mass is 32.1. The minimum Gasteiger partial charge on any atom is -0.410 e. The van der Waals surface area contributed by atoms with Gasteiger partial charge in [0.05, 0.1) is 0 Å². The second-order valence-corrected chi connectivity index (χ2v) is 2.71. The second-order valence-electron chi connectivity index (χ2n) is 1.85. The molecule has 0 fully saturated rings. The molecule has 1 aromatic rings. The van der Waals surface area contributed by atoms with Crippen LogP contribution in [0.25, 0.3) is 0 Å². The summed E-state index contributed by atoms with van der Waals surface area (Å²) in [5, 5.41) is 21.8. The molecular weight excluding hydrogens is 162 g/mol. The van der Waals surface area contributed by atoms with Gasteiger partial charge in [-0.1, -0.05) is 5.16 Å². The van der Waals surface area contributed by atoms with Crippen LogP contribution in [0.2, 0.25) is 0 Å². The van der Waals surface area contributed by atoms with Crippen molar-refractivity contribution in [3.63, 3.8) is 0 Å². The minimum atomic E-state index is -0.0388. The molecule has 0 unspecified atom stereocenters. The second kappa shape index (κ2) is 3.12. The number of thiazole rings is 1. The molecule has 0 bridgehead atoms. The van der Waals surface area contributed by atoms with Crippen LogP contribution in [0.4, 0.5) is 0 Å². The number of hydrogen-bond acceptors (Lipinski definition) is 5. The Hall–Kier alpha value is -1.41. The number of aryl methyl sites for hydroxylation is 1. The molecule has 0 aliphatic rings. The largest absolute Gasteiger partial charge is 0.410 e. The lowest BCUT2D eigenvalue weighted by molar-refractivity contribution is 0.320. The van der Waals surface area contributed by atoms with E-state index in [0.29, 0.717) is 5.01 Å². The van der Waals surface area contributed by atoms with Gasteiger partial charge in [0.15, 0.2) is 5.01 Å². The van der Waals surface area contributed by atoms with Crippen LogP contribution in [0.15, 0.2) is 10.5 Å². The van der Waals surface area contributed by atoms with Crippen molar-refractivity contribution in [2.75, 3.05) is 0 Å². The molecule has 0 saturated carbocycles. The van der Waals surface area contributed by atoms with Gasteiger partial charge in [-0.2, -0.15) is 5.26 Å². The molecule has 4 nitrogen and oxygen atoms in total. The van der Waals surface area contributed by atoms with E-state index in [2.05, 4.69) is 10.1 Å². The van der Waals surface area contributed by atoms with Gasteiger partial charge in [0.25, 0.3) is 0 Å². The van der Waals surface area contributed by atoms with Gasteiger partial charge >= 0.3 is 0 Å². The van der Waals surface area contributed by atoms with Gasteiger partial charge in [-0.05, 0) is 6.92 Å². The SMILES string of the molecule is Cc1csc(/C(C#N)=N\O)n1. The lowest BCUT2D eigenvalue weighted by Crippen LogP contribution is -1.95. The molecule has 5 heteroatoms. The maximum Gasteiger partial charge on any atom is 0.215 e. The molecule has 11 heavy (non-hydrogen) atoms. The third kappa shape index (κ3) is 1.53. The molecule has 0 radical (unpaired) electrons. The van der Waals surface area contributed by atoms with Crippen molar-refractivity contribution in [2.45, 2.75) is 6.92 Å². The molecule has 0 atom stereocenters. The smallest absolute Gasteiger partial charge is 0.215 e. The van der Waals surface area contributed by atoms with Crippen LogP contribution in [0.3, 0.4) is 0 Å². The summed E-state index contributed by atoms with van der Waals surface area (Å²) < 4.78 is 0. The average Bonchev–Trinajstić information content (AvgIpc) is 2.39. The van der Waals surface area contributed by atoms with Crippen molar-refractivity contribution < 1.29 is 5.21 Å². The zero-order valence-corrected chi connectivity index (χ0v) is 6.59. The Morgan fingerprint density at radius 2 is 2.64 bits per heavy atom. The quantitative estimate of drug-likeness (QED) is 0.387. The summed E-state index contributed by atoms with van der Waals surface area (Å²) in [5.74, 6) is 0. The van der Waals surface area contributed by atoms with Crippen LogP contribution in [0.1, 0.15) is 10.7 Å². The molecule has 0 amide bonds. The summed E-state index contributed by atoms with van der Waals surface area (Å²) in [5.41, 5.74) is 0.782. The predicted octanol–water partition coefficient (Wildman–Crippen LogP) is 1.15. The van der Waals surface area contributed by atoms with Gasteiger partial charge in [0.1, 0.15) is 6.07 Å². The minimum absolute atomic E-state index is 0.0388. The summed E-state index contributed by atoms with van der Waals surface area (Å²) in [6.45, 7) is 1.81. The Kier molecular flexibility index (Phi) is 2.18. The van der Waals surface area contributed by atoms with E-state index >= 15 is 0 Å². The first-order valence-electron chi connectivity index (χ1n) is 2.82. The fourth-order valence-corrected chi connectivity index (χ4v) is 1.31. The summed E-state index contributed by atoms with van der Waals surface area (Å²) >= 11 is 1.28. The number of rotatable bonds is 1. The van der Waals surface area contributed by atoms with E-state index in [4.69, 9.17) is 10.5 Å². The van der Waals surface area contributed by atoms with Crippen molar-refractivity contribution in [3.8, 4) is 6.07 Å². The van der Waals surface area contributed by atoms with Crippen molar-refractivity contribution in [1.29, 1.82) is 5.26 Å². The maximum atomic E-state index is 8.41.